The molecule has 0 radical (unpaired) electrons. The van der Waals surface area contributed by atoms with E-state index < -0.39 is 12.0 Å². The van der Waals surface area contributed by atoms with Crippen LogP contribution in [0.2, 0.25) is 0 Å². The molecule has 3 nitrogen and oxygen atoms in total. The molecule has 4 heteroatoms. The quantitative estimate of drug-likeness (QED) is 0.786. The number of nitrogens with one attached hydrogen (secondary N) is 1. The summed E-state index contributed by atoms with van der Waals surface area (Å²) < 4.78 is 0. The fourth-order valence-electron chi connectivity index (χ4n) is 1.21. The first-order valence-corrected chi connectivity index (χ1v) is 5.46. The van der Waals surface area contributed by atoms with Gasteiger partial charge in [-0.25, -0.2) is 0 Å². The Morgan fingerprint density at radius 1 is 1.64 bits per heavy atom. The molecule has 0 amide bonds. The second-order valence-corrected chi connectivity index (χ2v) is 4.56. The molecule has 0 saturated heterocycles. The van der Waals surface area contributed by atoms with Crippen LogP contribution >= 0.6 is 11.3 Å². The minimum Gasteiger partial charge on any atom is -0.480 e. The molecule has 78 valence electrons. The summed E-state index contributed by atoms with van der Waals surface area (Å²) in [5, 5.41) is 11.8. The van der Waals surface area contributed by atoms with Gasteiger partial charge in [-0.1, -0.05) is 6.92 Å². The predicted molar refractivity (Wildman–Crippen MR) is 57.6 cm³/mol. The smallest absolute Gasteiger partial charge is 0.320 e. The zero-order chi connectivity index (χ0) is 10.6. The highest BCUT2D eigenvalue weighted by Crippen LogP contribution is 2.14. The minimum atomic E-state index is -0.777. The Balaban J connectivity index is 2.43. The van der Waals surface area contributed by atoms with E-state index in [2.05, 4.69) is 5.32 Å². The number of thiophene rings is 1. The van der Waals surface area contributed by atoms with E-state index in [1.807, 2.05) is 26.0 Å². The van der Waals surface area contributed by atoms with E-state index in [4.69, 9.17) is 5.11 Å². The fraction of sp³-hybridized carbons (Fsp3) is 0.500. The van der Waals surface area contributed by atoms with E-state index in [9.17, 15) is 4.79 Å². The van der Waals surface area contributed by atoms with Crippen LogP contribution < -0.4 is 5.32 Å². The van der Waals surface area contributed by atoms with Crippen molar-refractivity contribution in [1.82, 2.24) is 5.32 Å². The number of rotatable bonds is 5. The van der Waals surface area contributed by atoms with Crippen LogP contribution in [0.3, 0.4) is 0 Å². The van der Waals surface area contributed by atoms with Crippen molar-refractivity contribution in [2.24, 2.45) is 0 Å². The van der Waals surface area contributed by atoms with Crippen molar-refractivity contribution in [3.8, 4) is 0 Å². The Morgan fingerprint density at radius 3 is 2.79 bits per heavy atom. The van der Waals surface area contributed by atoms with Crippen LogP contribution in [-0.2, 0) is 11.3 Å². The lowest BCUT2D eigenvalue weighted by Gasteiger charge is -2.10. The topological polar surface area (TPSA) is 49.3 Å². The second kappa shape index (κ2) is 5.12. The van der Waals surface area contributed by atoms with Gasteiger partial charge in [-0.05, 0) is 25.5 Å². The normalized spacial score (nSPS) is 12.7. The molecule has 1 aromatic rings. The number of carbonyl (C=O) groups is 1. The first kappa shape index (κ1) is 11.2. The Hall–Kier alpha value is -0.870. The van der Waals surface area contributed by atoms with E-state index in [-0.39, 0.29) is 0 Å². The number of hydrogen-bond donors (Lipinski definition) is 2. The molecule has 1 unspecified atom stereocenters. The molecule has 0 bridgehead atoms. The second-order valence-electron chi connectivity index (χ2n) is 3.19. The molecule has 0 aliphatic rings. The van der Waals surface area contributed by atoms with Crippen LogP contribution in [0.1, 0.15) is 23.1 Å². The van der Waals surface area contributed by atoms with Gasteiger partial charge >= 0.3 is 5.97 Å². The average molecular weight is 213 g/mol. The van der Waals surface area contributed by atoms with E-state index in [0.717, 1.165) is 0 Å². The molecule has 0 aromatic carbocycles. The Morgan fingerprint density at radius 2 is 2.36 bits per heavy atom. The van der Waals surface area contributed by atoms with Gasteiger partial charge in [0.05, 0.1) is 0 Å². The third-order valence-corrected chi connectivity index (χ3v) is 3.03. The van der Waals surface area contributed by atoms with E-state index >= 15 is 0 Å². The fourth-order valence-corrected chi connectivity index (χ4v) is 2.05. The first-order valence-electron chi connectivity index (χ1n) is 4.65. The third kappa shape index (κ3) is 3.12. The molecule has 0 aliphatic heterocycles. The molecule has 1 rings (SSSR count). The van der Waals surface area contributed by atoms with Gasteiger partial charge in [-0.2, -0.15) is 0 Å². The van der Waals surface area contributed by atoms with Crippen LogP contribution in [-0.4, -0.2) is 17.1 Å². The summed E-state index contributed by atoms with van der Waals surface area (Å²) in [5.41, 5.74) is 0. The number of carboxylic acids is 1. The summed E-state index contributed by atoms with van der Waals surface area (Å²) in [5.74, 6) is -0.777. The Kier molecular flexibility index (Phi) is 4.10. The van der Waals surface area contributed by atoms with Crippen molar-refractivity contribution in [3.63, 3.8) is 0 Å². The zero-order valence-electron chi connectivity index (χ0n) is 8.41. The molecular formula is C10H15NO2S. The largest absolute Gasteiger partial charge is 0.480 e. The lowest BCUT2D eigenvalue weighted by Crippen LogP contribution is -2.35. The molecule has 14 heavy (non-hydrogen) atoms. The molecule has 0 aliphatic carbocycles. The standard InChI is InChI=1S/C10H15NO2S/c1-3-9(10(12)13)11-6-8-5-4-7(2)14-8/h4-5,9,11H,3,6H2,1-2H3,(H,12,13). The van der Waals surface area contributed by atoms with Crippen LogP contribution in [0, 0.1) is 6.92 Å². The summed E-state index contributed by atoms with van der Waals surface area (Å²) in [6.45, 7) is 4.55. The summed E-state index contributed by atoms with van der Waals surface area (Å²) >= 11 is 1.70. The van der Waals surface area contributed by atoms with Crippen molar-refractivity contribution in [2.45, 2.75) is 32.9 Å². The Labute approximate surface area is 87.8 Å². The molecule has 0 spiro atoms. The third-order valence-electron chi connectivity index (χ3n) is 2.03. The maximum atomic E-state index is 10.7. The lowest BCUT2D eigenvalue weighted by atomic mass is 10.2. The number of carboxylic acid groups (broad SMARTS) is 1. The van der Waals surface area contributed by atoms with Crippen LogP contribution in [0.15, 0.2) is 12.1 Å². The molecule has 1 atom stereocenters. The zero-order valence-corrected chi connectivity index (χ0v) is 9.23. The molecule has 0 fully saturated rings. The average Bonchev–Trinajstić information content (AvgIpc) is 2.52. The highest BCUT2D eigenvalue weighted by Gasteiger charge is 2.13. The number of aliphatic carboxylic acids is 1. The van der Waals surface area contributed by atoms with Crippen LogP contribution in [0.4, 0.5) is 0 Å². The number of hydrogen-bond acceptors (Lipinski definition) is 3. The van der Waals surface area contributed by atoms with Gasteiger partial charge in [-0.3, -0.25) is 10.1 Å². The van der Waals surface area contributed by atoms with Crippen molar-refractivity contribution in [2.75, 3.05) is 0 Å². The van der Waals surface area contributed by atoms with Gasteiger partial charge in [0.2, 0.25) is 0 Å². The summed E-state index contributed by atoms with van der Waals surface area (Å²) in [7, 11) is 0. The molecule has 2 N–H and O–H groups in total. The van der Waals surface area contributed by atoms with E-state index in [1.54, 1.807) is 11.3 Å². The summed E-state index contributed by atoms with van der Waals surface area (Å²) in [4.78, 5) is 13.1. The van der Waals surface area contributed by atoms with Crippen molar-refractivity contribution in [3.05, 3.63) is 21.9 Å². The van der Waals surface area contributed by atoms with Gasteiger partial charge in [0, 0.05) is 16.3 Å². The van der Waals surface area contributed by atoms with Gasteiger partial charge in [0.15, 0.2) is 0 Å². The maximum Gasteiger partial charge on any atom is 0.320 e. The molecule has 0 saturated carbocycles. The molecule has 1 aromatic heterocycles. The van der Waals surface area contributed by atoms with Crippen molar-refractivity contribution < 1.29 is 9.90 Å². The van der Waals surface area contributed by atoms with Gasteiger partial charge in [-0.15, -0.1) is 11.3 Å². The van der Waals surface area contributed by atoms with Gasteiger partial charge < -0.3 is 5.11 Å². The van der Waals surface area contributed by atoms with E-state index in [0.29, 0.717) is 13.0 Å². The minimum absolute atomic E-state index is 0.433. The molecule has 1 heterocycles. The van der Waals surface area contributed by atoms with Gasteiger partial charge in [0.1, 0.15) is 6.04 Å². The lowest BCUT2D eigenvalue weighted by molar-refractivity contribution is -0.139. The number of aryl methyl sites for hydroxylation is 1. The Bertz CT molecular complexity index is 309. The maximum absolute atomic E-state index is 10.7. The van der Waals surface area contributed by atoms with Crippen molar-refractivity contribution >= 4 is 17.3 Å². The van der Waals surface area contributed by atoms with Crippen molar-refractivity contribution in [1.29, 1.82) is 0 Å². The summed E-state index contributed by atoms with van der Waals surface area (Å²) in [6.07, 6.45) is 0.611. The predicted octanol–water partition coefficient (Wildman–Crippen LogP) is 2.01. The van der Waals surface area contributed by atoms with Crippen LogP contribution in [0.5, 0.6) is 0 Å². The molecular weight excluding hydrogens is 198 g/mol. The first-order chi connectivity index (χ1) is 6.63. The summed E-state index contributed by atoms with van der Waals surface area (Å²) in [6, 6.07) is 3.64. The van der Waals surface area contributed by atoms with Crippen LogP contribution in [0.25, 0.3) is 0 Å². The SMILES string of the molecule is CCC(NCc1ccc(C)s1)C(=O)O. The monoisotopic (exact) mass is 213 g/mol. The highest BCUT2D eigenvalue weighted by atomic mass is 32.1. The van der Waals surface area contributed by atoms with Gasteiger partial charge in [0.25, 0.3) is 0 Å². The highest BCUT2D eigenvalue weighted by molar-refractivity contribution is 7.11. The van der Waals surface area contributed by atoms with E-state index in [1.165, 1.54) is 9.75 Å².